The van der Waals surface area contributed by atoms with Crippen molar-refractivity contribution in [3.05, 3.63) is 82.6 Å². The third kappa shape index (κ3) is 6.16. The Morgan fingerprint density at radius 1 is 1.10 bits per heavy atom. The van der Waals surface area contributed by atoms with E-state index in [0.717, 1.165) is 27.8 Å². The van der Waals surface area contributed by atoms with Gasteiger partial charge in [0.05, 0.1) is 42.6 Å². The predicted molar refractivity (Wildman–Crippen MR) is 155 cm³/mol. The van der Waals surface area contributed by atoms with Crippen molar-refractivity contribution in [1.29, 1.82) is 0 Å². The van der Waals surface area contributed by atoms with E-state index in [1.165, 1.54) is 11.3 Å². The Bertz CT molecular complexity index is 1460. The summed E-state index contributed by atoms with van der Waals surface area (Å²) in [5.41, 5.74) is 2.59. The summed E-state index contributed by atoms with van der Waals surface area (Å²) in [5.74, 6) is 1.11. The van der Waals surface area contributed by atoms with Gasteiger partial charge in [0.2, 0.25) is 0 Å². The second kappa shape index (κ2) is 12.6. The number of carbonyl (C=O) groups is 2. The Morgan fingerprint density at radius 2 is 1.85 bits per heavy atom. The number of amides is 1. The molecule has 0 unspecified atom stereocenters. The largest absolute Gasteiger partial charge is 0.497 e. The molecule has 0 atom stereocenters. The number of para-hydroxylation sites is 1. The molecule has 10 heteroatoms. The minimum absolute atomic E-state index is 0.165. The number of carbonyl (C=O) groups excluding carboxylic acids is 2. The first-order valence-corrected chi connectivity index (χ1v) is 14.4. The van der Waals surface area contributed by atoms with Crippen LogP contribution in [0.5, 0.6) is 5.75 Å². The van der Waals surface area contributed by atoms with Crippen molar-refractivity contribution < 1.29 is 23.5 Å². The van der Waals surface area contributed by atoms with E-state index in [2.05, 4.69) is 0 Å². The van der Waals surface area contributed by atoms with E-state index in [4.69, 9.17) is 30.5 Å². The van der Waals surface area contributed by atoms with E-state index in [-0.39, 0.29) is 23.6 Å². The molecule has 8 nitrogen and oxygen atoms in total. The molecule has 1 fully saturated rings. The van der Waals surface area contributed by atoms with Crippen molar-refractivity contribution in [2.45, 2.75) is 26.3 Å². The van der Waals surface area contributed by atoms with Gasteiger partial charge in [-0.1, -0.05) is 23.7 Å². The fourth-order valence-corrected chi connectivity index (χ4v) is 5.76. The molecule has 1 aliphatic heterocycles. The Morgan fingerprint density at radius 3 is 2.55 bits per heavy atom. The lowest BCUT2D eigenvalue weighted by molar-refractivity contribution is -0.149. The highest BCUT2D eigenvalue weighted by Gasteiger charge is 2.30. The smallest absolute Gasteiger partial charge is 0.309 e. The minimum atomic E-state index is -0.188. The number of rotatable bonds is 9. The summed E-state index contributed by atoms with van der Waals surface area (Å²) in [6, 6.07) is 18.8. The number of likely N-dealkylation sites (tertiary alicyclic amines) is 1. The van der Waals surface area contributed by atoms with Gasteiger partial charge >= 0.3 is 5.97 Å². The number of halogens is 1. The Labute approximate surface area is 242 Å². The maximum absolute atomic E-state index is 13.2. The van der Waals surface area contributed by atoms with Crippen molar-refractivity contribution in [1.82, 2.24) is 9.88 Å². The molecule has 1 amide bonds. The highest BCUT2D eigenvalue weighted by atomic mass is 35.5. The Balaban J connectivity index is 1.33. The molecule has 0 spiro atoms. The summed E-state index contributed by atoms with van der Waals surface area (Å²) in [5, 5.41) is 3.32. The van der Waals surface area contributed by atoms with Crippen molar-refractivity contribution in [2.75, 3.05) is 31.7 Å². The number of anilines is 2. The molecule has 2 aromatic heterocycles. The third-order valence-corrected chi connectivity index (χ3v) is 8.02. The van der Waals surface area contributed by atoms with E-state index < -0.39 is 0 Å². The Kier molecular flexibility index (Phi) is 8.72. The lowest BCUT2D eigenvalue weighted by Gasteiger charge is -2.30. The molecule has 2 aromatic carbocycles. The fourth-order valence-electron chi connectivity index (χ4n) is 4.68. The number of hydrogen-bond acceptors (Lipinski definition) is 8. The number of hydrogen-bond donors (Lipinski definition) is 0. The molecule has 0 radical (unpaired) electrons. The number of aromatic nitrogens is 1. The second-order valence-electron chi connectivity index (χ2n) is 9.37. The number of furan rings is 1. The van der Waals surface area contributed by atoms with Crippen LogP contribution < -0.4 is 9.64 Å². The van der Waals surface area contributed by atoms with Crippen LogP contribution in [0.2, 0.25) is 5.02 Å². The van der Waals surface area contributed by atoms with E-state index in [9.17, 15) is 9.59 Å². The van der Waals surface area contributed by atoms with Gasteiger partial charge in [0, 0.05) is 24.0 Å². The van der Waals surface area contributed by atoms with Crippen LogP contribution in [-0.4, -0.2) is 48.6 Å². The van der Waals surface area contributed by atoms with Crippen LogP contribution in [0.15, 0.2) is 70.5 Å². The summed E-state index contributed by atoms with van der Waals surface area (Å²) < 4.78 is 16.4. The van der Waals surface area contributed by atoms with Gasteiger partial charge < -0.3 is 23.7 Å². The number of ether oxygens (including phenoxy) is 2. The normalized spacial score (nSPS) is 13.7. The zero-order valence-electron chi connectivity index (χ0n) is 22.3. The van der Waals surface area contributed by atoms with Crippen LogP contribution in [0.4, 0.5) is 10.8 Å². The third-order valence-electron chi connectivity index (χ3n) is 6.84. The first-order chi connectivity index (χ1) is 19.5. The molecule has 0 saturated carbocycles. The van der Waals surface area contributed by atoms with Gasteiger partial charge in [-0.25, -0.2) is 4.98 Å². The molecule has 0 N–H and O–H groups in total. The van der Waals surface area contributed by atoms with Crippen LogP contribution in [0.3, 0.4) is 0 Å². The standard InChI is InChI=1S/C30H30ClN3O5S/c1-3-38-29(36)21-14-16-33(17-15-21)28(35)27-13-12-23(39-27)18-34(26-7-5-4-6-24(26)31)30-32-25(19-40-30)20-8-10-22(37-2)11-9-20/h4-13,19,21H,3,14-18H2,1-2H3. The van der Waals surface area contributed by atoms with Crippen molar-refractivity contribution >= 4 is 45.6 Å². The SMILES string of the molecule is CCOC(=O)C1CCN(C(=O)c2ccc(CN(c3nc(-c4ccc(OC)cc4)cs3)c3ccccc3Cl)o2)CC1. The minimum Gasteiger partial charge on any atom is -0.497 e. The lowest BCUT2D eigenvalue weighted by Crippen LogP contribution is -2.40. The molecule has 5 rings (SSSR count). The average molecular weight is 580 g/mol. The molecule has 1 saturated heterocycles. The van der Waals surface area contributed by atoms with Crippen molar-refractivity contribution in [3.63, 3.8) is 0 Å². The number of piperidine rings is 1. The Hall–Kier alpha value is -3.82. The molecule has 208 valence electrons. The van der Waals surface area contributed by atoms with E-state index in [0.29, 0.717) is 49.9 Å². The highest BCUT2D eigenvalue weighted by Crippen LogP contribution is 2.37. The zero-order chi connectivity index (χ0) is 28.1. The van der Waals surface area contributed by atoms with Crippen LogP contribution in [0.1, 0.15) is 36.1 Å². The van der Waals surface area contributed by atoms with Crippen LogP contribution >= 0.6 is 22.9 Å². The summed E-state index contributed by atoms with van der Waals surface area (Å²) in [7, 11) is 1.64. The average Bonchev–Trinajstić information content (AvgIpc) is 3.67. The molecule has 0 bridgehead atoms. The van der Waals surface area contributed by atoms with E-state index in [1.54, 1.807) is 31.1 Å². The van der Waals surface area contributed by atoms with Crippen LogP contribution in [0, 0.1) is 5.92 Å². The second-order valence-corrected chi connectivity index (χ2v) is 10.6. The van der Waals surface area contributed by atoms with Gasteiger partial charge in [-0.3, -0.25) is 9.59 Å². The predicted octanol–water partition coefficient (Wildman–Crippen LogP) is 6.82. The fraction of sp³-hybridized carbons (Fsp3) is 0.300. The van der Waals surface area contributed by atoms with Gasteiger partial charge in [-0.15, -0.1) is 11.3 Å². The number of esters is 1. The van der Waals surface area contributed by atoms with Gasteiger partial charge in [0.15, 0.2) is 10.9 Å². The summed E-state index contributed by atoms with van der Waals surface area (Å²) in [6.07, 6.45) is 1.16. The highest BCUT2D eigenvalue weighted by molar-refractivity contribution is 7.14. The maximum atomic E-state index is 13.2. The molecule has 1 aliphatic rings. The van der Waals surface area contributed by atoms with Gasteiger partial charge in [0.1, 0.15) is 11.5 Å². The molecule has 3 heterocycles. The van der Waals surface area contributed by atoms with E-state index >= 15 is 0 Å². The summed E-state index contributed by atoms with van der Waals surface area (Å²) in [4.78, 5) is 33.8. The maximum Gasteiger partial charge on any atom is 0.309 e. The number of nitrogens with zero attached hydrogens (tertiary/aromatic N) is 3. The van der Waals surface area contributed by atoms with Crippen molar-refractivity contribution in [2.24, 2.45) is 5.92 Å². The van der Waals surface area contributed by atoms with Crippen LogP contribution in [0.25, 0.3) is 11.3 Å². The summed E-state index contributed by atoms with van der Waals surface area (Å²) >= 11 is 8.10. The van der Waals surface area contributed by atoms with Gasteiger partial charge in [-0.05, 0) is 68.3 Å². The molecule has 4 aromatic rings. The summed E-state index contributed by atoms with van der Waals surface area (Å²) in [6.45, 7) is 3.46. The number of thiazole rings is 1. The molecular formula is C30H30ClN3O5S. The van der Waals surface area contributed by atoms with E-state index in [1.807, 2.05) is 58.8 Å². The number of methoxy groups -OCH3 is 1. The number of benzene rings is 2. The van der Waals surface area contributed by atoms with Gasteiger partial charge in [0.25, 0.3) is 5.91 Å². The molecule has 40 heavy (non-hydrogen) atoms. The quantitative estimate of drug-likeness (QED) is 0.201. The lowest BCUT2D eigenvalue weighted by atomic mass is 9.97. The zero-order valence-corrected chi connectivity index (χ0v) is 23.9. The van der Waals surface area contributed by atoms with Crippen LogP contribution in [-0.2, 0) is 16.1 Å². The molecular weight excluding hydrogens is 550 g/mol. The first kappa shape index (κ1) is 27.7. The molecule has 0 aliphatic carbocycles. The monoisotopic (exact) mass is 579 g/mol. The van der Waals surface area contributed by atoms with Crippen molar-refractivity contribution in [3.8, 4) is 17.0 Å². The van der Waals surface area contributed by atoms with Gasteiger partial charge in [-0.2, -0.15) is 0 Å². The topological polar surface area (TPSA) is 85.1 Å². The first-order valence-electron chi connectivity index (χ1n) is 13.1.